The lowest BCUT2D eigenvalue weighted by molar-refractivity contribution is -0.385. The van der Waals surface area contributed by atoms with Gasteiger partial charge in [-0.2, -0.15) is 0 Å². The first-order valence-corrected chi connectivity index (χ1v) is 8.54. The van der Waals surface area contributed by atoms with Crippen molar-refractivity contribution in [1.82, 2.24) is 4.98 Å². The molecule has 0 atom stereocenters. The van der Waals surface area contributed by atoms with Gasteiger partial charge in [0.15, 0.2) is 5.58 Å². The van der Waals surface area contributed by atoms with E-state index in [2.05, 4.69) is 10.3 Å². The van der Waals surface area contributed by atoms with Crippen molar-refractivity contribution in [3.63, 3.8) is 0 Å². The molecule has 0 saturated heterocycles. The summed E-state index contributed by atoms with van der Waals surface area (Å²) in [5, 5.41) is 13.7. The highest BCUT2D eigenvalue weighted by Gasteiger charge is 2.14. The number of rotatable bonds is 4. The van der Waals surface area contributed by atoms with Crippen molar-refractivity contribution in [1.29, 1.82) is 0 Å². The molecule has 0 unspecified atom stereocenters. The van der Waals surface area contributed by atoms with E-state index < -0.39 is 4.92 Å². The Kier molecular flexibility index (Phi) is 4.33. The molecule has 1 N–H and O–H groups in total. The molecule has 3 aromatic carbocycles. The average Bonchev–Trinajstić information content (AvgIpc) is 3.12. The van der Waals surface area contributed by atoms with Crippen LogP contribution in [0.4, 0.5) is 11.4 Å². The van der Waals surface area contributed by atoms with Crippen molar-refractivity contribution in [2.45, 2.75) is 6.92 Å². The molecule has 0 bridgehead atoms. The Bertz CT molecular complexity index is 1180. The summed E-state index contributed by atoms with van der Waals surface area (Å²) in [7, 11) is 0. The lowest BCUT2D eigenvalue weighted by Gasteiger charge is -2.07. The maximum absolute atomic E-state index is 12.5. The Labute approximate surface area is 159 Å². The first kappa shape index (κ1) is 17.4. The van der Waals surface area contributed by atoms with Crippen molar-refractivity contribution >= 4 is 28.4 Å². The molecule has 7 heteroatoms. The van der Waals surface area contributed by atoms with Crippen molar-refractivity contribution in [2.24, 2.45) is 0 Å². The monoisotopic (exact) mass is 373 g/mol. The molecule has 0 spiro atoms. The van der Waals surface area contributed by atoms with Crippen molar-refractivity contribution in [2.75, 3.05) is 5.32 Å². The normalized spacial score (nSPS) is 10.8. The fraction of sp³-hybridized carbons (Fsp3) is 0.0476. The second kappa shape index (κ2) is 6.96. The number of fused-ring (bicyclic) bond motifs is 1. The van der Waals surface area contributed by atoms with Gasteiger partial charge in [-0.3, -0.25) is 14.9 Å². The maximum atomic E-state index is 12.5. The number of benzene rings is 3. The number of nitro groups is 1. The smallest absolute Gasteiger partial charge is 0.272 e. The Balaban J connectivity index is 1.59. The SMILES string of the molecule is Cc1cc(C(=O)Nc2cccc(-c3nc4ccccc4o3)c2)ccc1[N+](=O)[O-]. The lowest BCUT2D eigenvalue weighted by atomic mass is 10.1. The molecule has 7 nitrogen and oxygen atoms in total. The van der Waals surface area contributed by atoms with Gasteiger partial charge in [-0.05, 0) is 49.4 Å². The number of para-hydroxylation sites is 2. The summed E-state index contributed by atoms with van der Waals surface area (Å²) in [6.45, 7) is 1.60. The molecule has 4 aromatic rings. The van der Waals surface area contributed by atoms with E-state index in [1.165, 1.54) is 18.2 Å². The van der Waals surface area contributed by atoms with Crippen LogP contribution in [-0.2, 0) is 0 Å². The van der Waals surface area contributed by atoms with Crippen LogP contribution < -0.4 is 5.32 Å². The van der Waals surface area contributed by atoms with Gasteiger partial charge >= 0.3 is 0 Å². The van der Waals surface area contributed by atoms with Gasteiger partial charge in [0.2, 0.25) is 5.89 Å². The minimum atomic E-state index is -0.471. The molecule has 0 aliphatic carbocycles. The van der Waals surface area contributed by atoms with Crippen LogP contribution in [0.5, 0.6) is 0 Å². The van der Waals surface area contributed by atoms with Crippen LogP contribution >= 0.6 is 0 Å². The lowest BCUT2D eigenvalue weighted by Crippen LogP contribution is -2.12. The number of amides is 1. The Morgan fingerprint density at radius 1 is 1.07 bits per heavy atom. The molecule has 1 amide bonds. The number of carbonyl (C=O) groups excluding carboxylic acids is 1. The number of hydrogen-bond donors (Lipinski definition) is 1. The Morgan fingerprint density at radius 3 is 2.64 bits per heavy atom. The first-order valence-electron chi connectivity index (χ1n) is 8.54. The van der Waals surface area contributed by atoms with E-state index >= 15 is 0 Å². The zero-order valence-corrected chi connectivity index (χ0v) is 14.9. The number of aryl methyl sites for hydroxylation is 1. The summed E-state index contributed by atoms with van der Waals surface area (Å²) in [5.41, 5.74) is 3.50. The number of nitro benzene ring substituents is 1. The zero-order valence-electron chi connectivity index (χ0n) is 14.9. The molecule has 1 aromatic heterocycles. The molecular weight excluding hydrogens is 358 g/mol. The van der Waals surface area contributed by atoms with E-state index in [9.17, 15) is 14.9 Å². The van der Waals surface area contributed by atoms with Crippen molar-refractivity contribution < 1.29 is 14.1 Å². The van der Waals surface area contributed by atoms with Crippen LogP contribution in [0.1, 0.15) is 15.9 Å². The summed E-state index contributed by atoms with van der Waals surface area (Å²) >= 11 is 0. The minimum Gasteiger partial charge on any atom is -0.436 e. The Morgan fingerprint density at radius 2 is 1.89 bits per heavy atom. The summed E-state index contributed by atoms with van der Waals surface area (Å²) in [4.78, 5) is 27.4. The molecule has 0 aliphatic heterocycles. The summed E-state index contributed by atoms with van der Waals surface area (Å²) in [5.74, 6) is 0.108. The summed E-state index contributed by atoms with van der Waals surface area (Å²) in [6, 6.07) is 18.9. The number of nitrogens with one attached hydrogen (secondary N) is 1. The minimum absolute atomic E-state index is 0.0190. The highest BCUT2D eigenvalue weighted by molar-refractivity contribution is 6.04. The van der Waals surface area contributed by atoms with Crippen LogP contribution in [0, 0.1) is 17.0 Å². The number of carbonyl (C=O) groups is 1. The van der Waals surface area contributed by atoms with Gasteiger partial charge in [-0.25, -0.2) is 4.98 Å². The van der Waals surface area contributed by atoms with E-state index in [-0.39, 0.29) is 11.6 Å². The third-order valence-electron chi connectivity index (χ3n) is 4.32. The molecular formula is C21H15N3O4. The number of nitrogens with zero attached hydrogens (tertiary/aromatic N) is 2. The number of anilines is 1. The maximum Gasteiger partial charge on any atom is 0.272 e. The van der Waals surface area contributed by atoms with E-state index in [0.29, 0.717) is 28.3 Å². The molecule has 0 aliphatic rings. The van der Waals surface area contributed by atoms with Crippen molar-refractivity contribution in [3.05, 3.63) is 88.0 Å². The highest BCUT2D eigenvalue weighted by atomic mass is 16.6. The van der Waals surface area contributed by atoms with E-state index in [1.54, 1.807) is 25.1 Å². The van der Waals surface area contributed by atoms with Gasteiger partial charge in [-0.1, -0.05) is 18.2 Å². The van der Waals surface area contributed by atoms with Gasteiger partial charge in [0.1, 0.15) is 5.52 Å². The Hall–Kier alpha value is -4.00. The van der Waals surface area contributed by atoms with Gasteiger partial charge in [0.25, 0.3) is 11.6 Å². The van der Waals surface area contributed by atoms with E-state index in [1.807, 2.05) is 30.3 Å². The summed E-state index contributed by atoms with van der Waals surface area (Å²) in [6.07, 6.45) is 0. The first-order chi connectivity index (χ1) is 13.5. The highest BCUT2D eigenvalue weighted by Crippen LogP contribution is 2.26. The van der Waals surface area contributed by atoms with Crippen LogP contribution in [0.15, 0.2) is 71.1 Å². The predicted molar refractivity (Wildman–Crippen MR) is 105 cm³/mol. The molecule has 4 rings (SSSR count). The van der Waals surface area contributed by atoms with E-state index in [0.717, 1.165) is 11.1 Å². The van der Waals surface area contributed by atoms with Gasteiger partial charge in [-0.15, -0.1) is 0 Å². The van der Waals surface area contributed by atoms with Crippen LogP contribution in [0.25, 0.3) is 22.6 Å². The predicted octanol–water partition coefficient (Wildman–Crippen LogP) is 4.96. The average molecular weight is 373 g/mol. The molecule has 0 fully saturated rings. The molecule has 0 radical (unpaired) electrons. The second-order valence-electron chi connectivity index (χ2n) is 6.28. The van der Waals surface area contributed by atoms with Crippen LogP contribution in [-0.4, -0.2) is 15.8 Å². The molecule has 1 heterocycles. The molecule has 28 heavy (non-hydrogen) atoms. The largest absolute Gasteiger partial charge is 0.436 e. The van der Waals surface area contributed by atoms with E-state index in [4.69, 9.17) is 4.42 Å². The quantitative estimate of drug-likeness (QED) is 0.402. The van der Waals surface area contributed by atoms with Gasteiger partial charge < -0.3 is 9.73 Å². The molecule has 138 valence electrons. The fourth-order valence-electron chi connectivity index (χ4n) is 2.93. The third-order valence-corrected chi connectivity index (χ3v) is 4.32. The zero-order chi connectivity index (χ0) is 19.7. The van der Waals surface area contributed by atoms with Crippen molar-refractivity contribution in [3.8, 4) is 11.5 Å². The second-order valence-corrected chi connectivity index (χ2v) is 6.28. The standard InChI is InChI=1S/C21H15N3O4/c1-13-11-14(9-10-18(13)24(26)27)20(25)22-16-6-4-5-15(12-16)21-23-17-7-2-3-8-19(17)28-21/h2-12H,1H3,(H,22,25). The van der Waals surface area contributed by atoms with Gasteiger partial charge in [0.05, 0.1) is 4.92 Å². The van der Waals surface area contributed by atoms with Crippen LogP contribution in [0.3, 0.4) is 0 Å². The van der Waals surface area contributed by atoms with Gasteiger partial charge in [0, 0.05) is 28.4 Å². The third kappa shape index (κ3) is 3.33. The van der Waals surface area contributed by atoms with Crippen LogP contribution in [0.2, 0.25) is 0 Å². The number of hydrogen-bond acceptors (Lipinski definition) is 5. The number of aromatic nitrogens is 1. The molecule has 0 saturated carbocycles. The fourth-order valence-corrected chi connectivity index (χ4v) is 2.93. The summed E-state index contributed by atoms with van der Waals surface area (Å²) < 4.78 is 5.76. The number of oxazole rings is 1. The topological polar surface area (TPSA) is 98.3 Å².